The van der Waals surface area contributed by atoms with E-state index in [9.17, 15) is 9.59 Å². The van der Waals surface area contributed by atoms with E-state index in [0.717, 1.165) is 37.7 Å². The van der Waals surface area contributed by atoms with Gasteiger partial charge in [-0.2, -0.15) is 0 Å². The molecule has 0 aromatic carbocycles. The van der Waals surface area contributed by atoms with E-state index < -0.39 is 0 Å². The number of aromatic nitrogens is 1. The molecule has 7 heteroatoms. The van der Waals surface area contributed by atoms with Crippen molar-refractivity contribution in [1.82, 2.24) is 15.6 Å². The van der Waals surface area contributed by atoms with E-state index in [4.69, 9.17) is 4.74 Å². The molecular weight excluding hydrogens is 296 g/mol. The molecule has 1 atom stereocenters. The average molecular weight is 318 g/mol. The highest BCUT2D eigenvalue weighted by Gasteiger charge is 2.24. The third-order valence-electron chi connectivity index (χ3n) is 4.25. The number of nitrogens with zero attached hydrogens (tertiary/aromatic N) is 2. The van der Waals surface area contributed by atoms with Gasteiger partial charge in [-0.3, -0.25) is 9.59 Å². The van der Waals surface area contributed by atoms with Crippen LogP contribution in [0.25, 0.3) is 0 Å². The molecule has 0 saturated carbocycles. The van der Waals surface area contributed by atoms with Crippen LogP contribution in [-0.4, -0.2) is 49.6 Å². The minimum Gasteiger partial charge on any atom is -0.378 e. The summed E-state index contributed by atoms with van der Waals surface area (Å²) in [5.74, 6) is 0.825. The van der Waals surface area contributed by atoms with Crippen LogP contribution in [0.4, 0.5) is 5.82 Å². The first kappa shape index (κ1) is 15.7. The van der Waals surface area contributed by atoms with Gasteiger partial charge < -0.3 is 20.3 Å². The van der Waals surface area contributed by atoms with Crippen molar-refractivity contribution in [3.8, 4) is 0 Å². The second-order valence-corrected chi connectivity index (χ2v) is 5.88. The molecule has 2 N–H and O–H groups in total. The zero-order chi connectivity index (χ0) is 16.1. The van der Waals surface area contributed by atoms with Gasteiger partial charge in [-0.25, -0.2) is 4.98 Å². The van der Waals surface area contributed by atoms with Gasteiger partial charge in [0, 0.05) is 38.8 Å². The van der Waals surface area contributed by atoms with E-state index in [1.165, 1.54) is 0 Å². The molecule has 0 radical (unpaired) electrons. The van der Waals surface area contributed by atoms with E-state index in [-0.39, 0.29) is 17.7 Å². The topological polar surface area (TPSA) is 83.6 Å². The summed E-state index contributed by atoms with van der Waals surface area (Å²) in [6.07, 6.45) is 2.84. The van der Waals surface area contributed by atoms with Gasteiger partial charge >= 0.3 is 0 Å². The molecule has 0 aliphatic carbocycles. The van der Waals surface area contributed by atoms with E-state index >= 15 is 0 Å². The van der Waals surface area contributed by atoms with Crippen LogP contribution in [0.15, 0.2) is 18.3 Å². The Morgan fingerprint density at radius 2 is 2.22 bits per heavy atom. The lowest BCUT2D eigenvalue weighted by atomic mass is 9.98. The molecule has 0 spiro atoms. The molecule has 1 unspecified atom stereocenters. The van der Waals surface area contributed by atoms with Crippen LogP contribution in [0.1, 0.15) is 18.4 Å². The molecule has 2 fully saturated rings. The summed E-state index contributed by atoms with van der Waals surface area (Å²) in [5.41, 5.74) is 0.968. The molecule has 7 nitrogen and oxygen atoms in total. The van der Waals surface area contributed by atoms with Gasteiger partial charge in [0.2, 0.25) is 11.8 Å². The molecule has 2 amide bonds. The maximum Gasteiger partial charge on any atom is 0.225 e. The van der Waals surface area contributed by atoms with Gasteiger partial charge in [0.05, 0.1) is 19.1 Å². The highest BCUT2D eigenvalue weighted by molar-refractivity contribution is 5.83. The van der Waals surface area contributed by atoms with Crippen LogP contribution in [0.3, 0.4) is 0 Å². The lowest BCUT2D eigenvalue weighted by Gasteiger charge is -2.27. The van der Waals surface area contributed by atoms with Crippen molar-refractivity contribution in [3.05, 3.63) is 23.9 Å². The second-order valence-electron chi connectivity index (χ2n) is 5.88. The normalized spacial score (nSPS) is 21.7. The Bertz CT molecular complexity index is 545. The highest BCUT2D eigenvalue weighted by Crippen LogP contribution is 2.14. The number of pyridine rings is 1. The van der Waals surface area contributed by atoms with Crippen LogP contribution in [0.5, 0.6) is 0 Å². The van der Waals surface area contributed by atoms with Crippen molar-refractivity contribution in [2.45, 2.75) is 19.4 Å². The number of piperidine rings is 1. The predicted octanol–water partition coefficient (Wildman–Crippen LogP) is 0.0606. The Kier molecular flexibility index (Phi) is 5.07. The number of amides is 2. The van der Waals surface area contributed by atoms with Gasteiger partial charge in [-0.1, -0.05) is 6.07 Å². The molecule has 23 heavy (non-hydrogen) atoms. The second kappa shape index (κ2) is 7.41. The average Bonchev–Trinajstić information content (AvgIpc) is 2.61. The number of anilines is 1. The Hall–Kier alpha value is -2.15. The first-order chi connectivity index (χ1) is 11.2. The van der Waals surface area contributed by atoms with Crippen LogP contribution < -0.4 is 15.5 Å². The molecule has 1 aromatic rings. The van der Waals surface area contributed by atoms with Crippen molar-refractivity contribution in [2.75, 3.05) is 37.7 Å². The minimum atomic E-state index is -0.131. The Balaban J connectivity index is 1.48. The summed E-state index contributed by atoms with van der Waals surface area (Å²) in [5, 5.41) is 5.65. The maximum absolute atomic E-state index is 12.1. The SMILES string of the molecule is O=C1CCC(C(=O)NCc2ccc(N3CCOCC3)nc2)CN1. The summed E-state index contributed by atoms with van der Waals surface area (Å²) in [6.45, 7) is 4.07. The van der Waals surface area contributed by atoms with Gasteiger partial charge in [0.25, 0.3) is 0 Å². The van der Waals surface area contributed by atoms with E-state index in [2.05, 4.69) is 20.5 Å². The lowest BCUT2D eigenvalue weighted by Crippen LogP contribution is -2.42. The monoisotopic (exact) mass is 318 g/mol. The van der Waals surface area contributed by atoms with Gasteiger partial charge in [-0.15, -0.1) is 0 Å². The molecule has 3 heterocycles. The van der Waals surface area contributed by atoms with Crippen molar-refractivity contribution in [3.63, 3.8) is 0 Å². The number of rotatable bonds is 4. The fraction of sp³-hybridized carbons (Fsp3) is 0.562. The zero-order valence-corrected chi connectivity index (χ0v) is 13.1. The third-order valence-corrected chi connectivity index (χ3v) is 4.25. The zero-order valence-electron chi connectivity index (χ0n) is 13.1. The van der Waals surface area contributed by atoms with Gasteiger partial charge in [0.15, 0.2) is 0 Å². The summed E-state index contributed by atoms with van der Waals surface area (Å²) < 4.78 is 5.33. The largest absolute Gasteiger partial charge is 0.378 e. The van der Waals surface area contributed by atoms with Crippen LogP contribution in [0, 0.1) is 5.92 Å². The standard InChI is InChI=1S/C16H22N4O3/c21-15-4-2-13(11-18-15)16(22)19-10-12-1-3-14(17-9-12)20-5-7-23-8-6-20/h1,3,9,13H,2,4-8,10-11H2,(H,18,21)(H,19,22). The van der Waals surface area contributed by atoms with Crippen LogP contribution in [-0.2, 0) is 20.9 Å². The fourth-order valence-corrected chi connectivity index (χ4v) is 2.79. The Morgan fingerprint density at radius 3 is 2.87 bits per heavy atom. The third kappa shape index (κ3) is 4.19. The quantitative estimate of drug-likeness (QED) is 0.820. The van der Waals surface area contributed by atoms with Crippen molar-refractivity contribution in [1.29, 1.82) is 0 Å². The molecular formula is C16H22N4O3. The number of carbonyl (C=O) groups excluding carboxylic acids is 2. The van der Waals surface area contributed by atoms with Crippen molar-refractivity contribution in [2.24, 2.45) is 5.92 Å². The molecule has 2 aliphatic rings. The molecule has 2 aliphatic heterocycles. The number of hydrogen-bond donors (Lipinski definition) is 2. The molecule has 3 rings (SSSR count). The Labute approximate surface area is 135 Å². The maximum atomic E-state index is 12.1. The number of carbonyl (C=O) groups is 2. The first-order valence-electron chi connectivity index (χ1n) is 8.04. The summed E-state index contributed by atoms with van der Waals surface area (Å²) in [7, 11) is 0. The number of hydrogen-bond acceptors (Lipinski definition) is 5. The Morgan fingerprint density at radius 1 is 1.39 bits per heavy atom. The van der Waals surface area contributed by atoms with E-state index in [0.29, 0.717) is 25.9 Å². The molecule has 124 valence electrons. The van der Waals surface area contributed by atoms with Crippen molar-refractivity contribution >= 4 is 17.6 Å². The molecule has 0 bridgehead atoms. The number of morpholine rings is 1. The van der Waals surface area contributed by atoms with Gasteiger partial charge in [-0.05, 0) is 18.1 Å². The summed E-state index contributed by atoms with van der Waals surface area (Å²) >= 11 is 0. The fourth-order valence-electron chi connectivity index (χ4n) is 2.79. The number of nitrogens with one attached hydrogen (secondary N) is 2. The predicted molar refractivity (Wildman–Crippen MR) is 84.8 cm³/mol. The van der Waals surface area contributed by atoms with Gasteiger partial charge in [0.1, 0.15) is 5.82 Å². The van der Waals surface area contributed by atoms with E-state index in [1.54, 1.807) is 6.20 Å². The molecule has 2 saturated heterocycles. The lowest BCUT2D eigenvalue weighted by molar-refractivity contribution is -0.129. The first-order valence-corrected chi connectivity index (χ1v) is 8.04. The number of ether oxygens (including phenoxy) is 1. The van der Waals surface area contributed by atoms with Crippen LogP contribution >= 0.6 is 0 Å². The van der Waals surface area contributed by atoms with Crippen LogP contribution in [0.2, 0.25) is 0 Å². The smallest absolute Gasteiger partial charge is 0.225 e. The molecule has 1 aromatic heterocycles. The summed E-state index contributed by atoms with van der Waals surface area (Å²) in [6, 6.07) is 3.97. The van der Waals surface area contributed by atoms with E-state index in [1.807, 2.05) is 12.1 Å². The minimum absolute atomic E-state index is 0.0118. The van der Waals surface area contributed by atoms with Crippen molar-refractivity contribution < 1.29 is 14.3 Å². The summed E-state index contributed by atoms with van der Waals surface area (Å²) in [4.78, 5) is 29.9. The highest BCUT2D eigenvalue weighted by atomic mass is 16.5.